The molecule has 0 aliphatic carbocycles. The molecule has 7 nitrogen and oxygen atoms in total. The molecule has 4 rings (SSSR count). The first-order chi connectivity index (χ1) is 17.3. The third kappa shape index (κ3) is 6.73. The molecular weight excluding hydrogens is 637 g/mol. The second-order valence-corrected chi connectivity index (χ2v) is 10.5. The van der Waals surface area contributed by atoms with E-state index in [1.807, 2.05) is 24.3 Å². The Morgan fingerprint density at radius 3 is 2.39 bits per heavy atom. The fraction of sp³-hybridized carbons (Fsp3) is 0.0833. The van der Waals surface area contributed by atoms with Crippen molar-refractivity contribution in [2.45, 2.75) is 11.7 Å². The van der Waals surface area contributed by atoms with Gasteiger partial charge in [0.05, 0.1) is 22.9 Å². The van der Waals surface area contributed by atoms with E-state index in [-0.39, 0.29) is 29.9 Å². The summed E-state index contributed by atoms with van der Waals surface area (Å²) in [7, 11) is 0. The summed E-state index contributed by atoms with van der Waals surface area (Å²) in [5.41, 5.74) is 1.58. The Hall–Kier alpha value is -2.73. The number of halogens is 4. The first-order valence-corrected chi connectivity index (χ1v) is 13.4. The van der Waals surface area contributed by atoms with Gasteiger partial charge in [-0.05, 0) is 66.7 Å². The highest BCUT2D eigenvalue weighted by atomic mass is 79.9. The first kappa shape index (κ1) is 26.3. The molecule has 4 aromatic rings. The van der Waals surface area contributed by atoms with Crippen molar-refractivity contribution in [1.82, 2.24) is 20.1 Å². The van der Waals surface area contributed by atoms with Crippen LogP contribution in [0.3, 0.4) is 0 Å². The summed E-state index contributed by atoms with van der Waals surface area (Å²) in [5.74, 6) is -0.507. The van der Waals surface area contributed by atoms with Crippen LogP contribution in [0.25, 0.3) is 5.69 Å². The number of carbonyl (C=O) groups is 2. The Morgan fingerprint density at radius 2 is 1.67 bits per heavy atom. The van der Waals surface area contributed by atoms with E-state index in [1.54, 1.807) is 22.8 Å². The summed E-state index contributed by atoms with van der Waals surface area (Å²) in [5, 5.41) is 14.8. The van der Waals surface area contributed by atoms with Gasteiger partial charge in [-0.25, -0.2) is 4.39 Å². The minimum absolute atomic E-state index is 0.0477. The lowest BCUT2D eigenvalue weighted by molar-refractivity contribution is -0.113. The van der Waals surface area contributed by atoms with Crippen LogP contribution >= 0.6 is 55.2 Å². The van der Waals surface area contributed by atoms with E-state index in [9.17, 15) is 14.0 Å². The molecule has 0 saturated carbocycles. The van der Waals surface area contributed by atoms with E-state index in [4.69, 9.17) is 11.6 Å². The van der Waals surface area contributed by atoms with Gasteiger partial charge in [0.15, 0.2) is 11.0 Å². The number of thioether (sulfide) groups is 1. The molecule has 1 aromatic heterocycles. The van der Waals surface area contributed by atoms with Gasteiger partial charge >= 0.3 is 0 Å². The molecule has 0 saturated heterocycles. The minimum atomic E-state index is -0.383. The van der Waals surface area contributed by atoms with E-state index < -0.39 is 0 Å². The number of hydrogen-bond donors (Lipinski definition) is 2. The van der Waals surface area contributed by atoms with Crippen molar-refractivity contribution in [2.24, 2.45) is 0 Å². The summed E-state index contributed by atoms with van der Waals surface area (Å²) in [4.78, 5) is 25.2. The SMILES string of the molecule is O=C(CSc1nnc(CNC(=O)c2cc(Br)ccc2Cl)n1-c1ccc(Br)cc1)Nc1ccc(F)cc1. The largest absolute Gasteiger partial charge is 0.345 e. The molecule has 3 aromatic carbocycles. The molecular formula is C24H17Br2ClFN5O2S. The predicted octanol–water partition coefficient (Wildman–Crippen LogP) is 6.25. The summed E-state index contributed by atoms with van der Waals surface area (Å²) in [6.07, 6.45) is 0. The maximum atomic E-state index is 13.1. The van der Waals surface area contributed by atoms with Crippen LogP contribution in [-0.4, -0.2) is 32.3 Å². The van der Waals surface area contributed by atoms with Crippen LogP contribution in [0.2, 0.25) is 5.02 Å². The molecule has 0 aliphatic heterocycles. The molecule has 1 heterocycles. The van der Waals surface area contributed by atoms with Crippen molar-refractivity contribution in [1.29, 1.82) is 0 Å². The molecule has 184 valence electrons. The van der Waals surface area contributed by atoms with Gasteiger partial charge in [0.2, 0.25) is 5.91 Å². The van der Waals surface area contributed by atoms with E-state index in [2.05, 4.69) is 52.7 Å². The number of aromatic nitrogens is 3. The Bertz CT molecular complexity index is 1400. The van der Waals surface area contributed by atoms with Gasteiger partial charge in [-0.15, -0.1) is 10.2 Å². The summed E-state index contributed by atoms with van der Waals surface area (Å²) in [6, 6.07) is 18.0. The highest BCUT2D eigenvalue weighted by Crippen LogP contribution is 2.25. The molecule has 36 heavy (non-hydrogen) atoms. The molecule has 0 unspecified atom stereocenters. The van der Waals surface area contributed by atoms with Crippen molar-refractivity contribution < 1.29 is 14.0 Å². The van der Waals surface area contributed by atoms with E-state index in [0.29, 0.717) is 27.3 Å². The van der Waals surface area contributed by atoms with E-state index in [1.165, 1.54) is 36.0 Å². The van der Waals surface area contributed by atoms with Crippen LogP contribution in [0, 0.1) is 5.82 Å². The molecule has 0 atom stereocenters. The van der Waals surface area contributed by atoms with Crippen molar-refractivity contribution in [3.63, 3.8) is 0 Å². The van der Waals surface area contributed by atoms with Crippen molar-refractivity contribution in [3.05, 3.63) is 97.9 Å². The van der Waals surface area contributed by atoms with Crippen LogP contribution < -0.4 is 10.6 Å². The van der Waals surface area contributed by atoms with E-state index >= 15 is 0 Å². The summed E-state index contributed by atoms with van der Waals surface area (Å²) in [6.45, 7) is 0.0765. The normalized spacial score (nSPS) is 10.8. The molecule has 0 spiro atoms. The predicted molar refractivity (Wildman–Crippen MR) is 145 cm³/mol. The molecule has 12 heteroatoms. The topological polar surface area (TPSA) is 88.9 Å². The maximum absolute atomic E-state index is 13.1. The second kappa shape index (κ2) is 12.0. The smallest absolute Gasteiger partial charge is 0.253 e. The highest BCUT2D eigenvalue weighted by Gasteiger charge is 2.18. The number of rotatable bonds is 8. The minimum Gasteiger partial charge on any atom is -0.345 e. The van der Waals surface area contributed by atoms with Crippen LogP contribution in [0.1, 0.15) is 16.2 Å². The number of carbonyl (C=O) groups excluding carboxylic acids is 2. The third-order valence-corrected chi connectivity index (χ3v) is 7.11. The molecule has 0 bridgehead atoms. The van der Waals surface area contributed by atoms with Crippen LogP contribution in [0.4, 0.5) is 10.1 Å². The van der Waals surface area contributed by atoms with E-state index in [0.717, 1.165) is 14.6 Å². The second-order valence-electron chi connectivity index (χ2n) is 7.36. The Labute approximate surface area is 232 Å². The maximum Gasteiger partial charge on any atom is 0.253 e. The van der Waals surface area contributed by atoms with Gasteiger partial charge in [0, 0.05) is 20.3 Å². The standard InChI is InChI=1S/C24H17Br2ClFN5O2S/c25-14-1-8-18(9-2-14)33-21(12-29-23(35)19-11-15(26)3-10-20(19)27)31-32-24(33)36-13-22(34)30-17-6-4-16(28)5-7-17/h1-11H,12-13H2,(H,29,35)(H,30,34). The highest BCUT2D eigenvalue weighted by molar-refractivity contribution is 9.10. The van der Waals surface area contributed by atoms with Crippen LogP contribution in [0.15, 0.2) is 80.8 Å². The molecule has 0 radical (unpaired) electrons. The number of anilines is 1. The third-order valence-electron chi connectivity index (χ3n) is 4.83. The molecule has 0 fully saturated rings. The Balaban J connectivity index is 1.51. The lowest BCUT2D eigenvalue weighted by Gasteiger charge is -2.12. The zero-order valence-corrected chi connectivity index (χ0v) is 23.1. The quantitative estimate of drug-likeness (QED) is 0.220. The lowest BCUT2D eigenvalue weighted by atomic mass is 10.2. The van der Waals surface area contributed by atoms with Gasteiger partial charge in [-0.2, -0.15) is 0 Å². The summed E-state index contributed by atoms with van der Waals surface area (Å²) >= 11 is 14.1. The van der Waals surface area contributed by atoms with Crippen molar-refractivity contribution >= 4 is 72.7 Å². The Morgan fingerprint density at radius 1 is 0.972 bits per heavy atom. The number of amides is 2. The van der Waals surface area contributed by atoms with Crippen molar-refractivity contribution in [3.8, 4) is 5.69 Å². The fourth-order valence-corrected chi connectivity index (χ4v) is 4.74. The van der Waals surface area contributed by atoms with Gasteiger partial charge in [0.1, 0.15) is 5.82 Å². The fourth-order valence-electron chi connectivity index (χ4n) is 3.14. The summed E-state index contributed by atoms with van der Waals surface area (Å²) < 4.78 is 16.5. The van der Waals surface area contributed by atoms with Crippen LogP contribution in [-0.2, 0) is 11.3 Å². The zero-order valence-electron chi connectivity index (χ0n) is 18.3. The molecule has 0 aliphatic rings. The zero-order chi connectivity index (χ0) is 25.7. The van der Waals surface area contributed by atoms with Gasteiger partial charge < -0.3 is 10.6 Å². The first-order valence-electron chi connectivity index (χ1n) is 10.4. The van der Waals surface area contributed by atoms with Crippen LogP contribution in [0.5, 0.6) is 0 Å². The van der Waals surface area contributed by atoms with Gasteiger partial charge in [0.25, 0.3) is 5.91 Å². The number of nitrogens with zero attached hydrogens (tertiary/aromatic N) is 3. The number of benzene rings is 3. The number of nitrogens with one attached hydrogen (secondary N) is 2. The average Bonchev–Trinajstić information content (AvgIpc) is 3.27. The van der Waals surface area contributed by atoms with Gasteiger partial charge in [-0.1, -0.05) is 55.2 Å². The lowest BCUT2D eigenvalue weighted by Crippen LogP contribution is -2.25. The number of hydrogen-bond acceptors (Lipinski definition) is 5. The molecule has 2 amide bonds. The van der Waals surface area contributed by atoms with Gasteiger partial charge in [-0.3, -0.25) is 14.2 Å². The monoisotopic (exact) mass is 651 g/mol. The van der Waals surface area contributed by atoms with Crippen molar-refractivity contribution in [2.75, 3.05) is 11.1 Å². The average molecular weight is 654 g/mol. The Kier molecular flexibility index (Phi) is 8.78. The molecule has 2 N–H and O–H groups in total.